The third kappa shape index (κ3) is 2.70. The van der Waals surface area contributed by atoms with Crippen LogP contribution in [0.3, 0.4) is 0 Å². The van der Waals surface area contributed by atoms with Crippen LogP contribution < -0.4 is 4.74 Å². The van der Waals surface area contributed by atoms with Crippen molar-refractivity contribution in [1.29, 1.82) is 0 Å². The highest BCUT2D eigenvalue weighted by molar-refractivity contribution is 5.97. The van der Waals surface area contributed by atoms with E-state index in [0.29, 0.717) is 17.4 Å². The van der Waals surface area contributed by atoms with Gasteiger partial charge in [-0.05, 0) is 37.9 Å². The van der Waals surface area contributed by atoms with Crippen molar-refractivity contribution in [3.8, 4) is 11.5 Å². The van der Waals surface area contributed by atoms with Gasteiger partial charge in [-0.3, -0.25) is 9.69 Å². The molecule has 21 heavy (non-hydrogen) atoms. The summed E-state index contributed by atoms with van der Waals surface area (Å²) in [5.41, 5.74) is 0.334. The Morgan fingerprint density at radius 1 is 1.29 bits per heavy atom. The number of phenols is 1. The number of nitrogens with zero attached hydrogens (tertiary/aromatic N) is 2. The molecule has 1 N–H and O–H groups in total. The second-order valence-corrected chi connectivity index (χ2v) is 5.79. The summed E-state index contributed by atoms with van der Waals surface area (Å²) in [4.78, 5) is 17.1. The molecule has 0 aliphatic carbocycles. The lowest BCUT2D eigenvalue weighted by Gasteiger charge is -2.26. The van der Waals surface area contributed by atoms with E-state index in [2.05, 4.69) is 4.90 Å². The number of carbonyl (C=O) groups excluding carboxylic acids is 1. The van der Waals surface area contributed by atoms with Crippen molar-refractivity contribution in [2.24, 2.45) is 0 Å². The van der Waals surface area contributed by atoms with Crippen LogP contribution in [0.25, 0.3) is 0 Å². The molecule has 5 heteroatoms. The minimum absolute atomic E-state index is 0.0578. The summed E-state index contributed by atoms with van der Waals surface area (Å²) in [5.74, 6) is 0.191. The van der Waals surface area contributed by atoms with Gasteiger partial charge in [0.05, 0.1) is 12.7 Å². The lowest BCUT2D eigenvalue weighted by Crippen LogP contribution is -2.39. The van der Waals surface area contributed by atoms with E-state index >= 15 is 0 Å². The van der Waals surface area contributed by atoms with Gasteiger partial charge in [-0.15, -0.1) is 0 Å². The topological polar surface area (TPSA) is 53.0 Å². The highest BCUT2D eigenvalue weighted by Gasteiger charge is 2.31. The Bertz CT molecular complexity index is 532. The van der Waals surface area contributed by atoms with Gasteiger partial charge in [-0.1, -0.05) is 6.07 Å². The van der Waals surface area contributed by atoms with E-state index in [9.17, 15) is 9.90 Å². The van der Waals surface area contributed by atoms with Crippen molar-refractivity contribution in [2.75, 3.05) is 33.3 Å². The van der Waals surface area contributed by atoms with Gasteiger partial charge < -0.3 is 14.7 Å². The predicted molar refractivity (Wildman–Crippen MR) is 79.8 cm³/mol. The van der Waals surface area contributed by atoms with E-state index in [1.54, 1.807) is 18.2 Å². The van der Waals surface area contributed by atoms with Crippen molar-refractivity contribution in [1.82, 2.24) is 9.80 Å². The molecule has 2 aliphatic rings. The number of amides is 1. The molecule has 1 aromatic rings. The average Bonchev–Trinajstić information content (AvgIpc) is 2.84. The lowest BCUT2D eigenvalue weighted by atomic mass is 10.1. The molecule has 1 amide bonds. The van der Waals surface area contributed by atoms with Crippen molar-refractivity contribution in [3.05, 3.63) is 23.8 Å². The number of methoxy groups -OCH3 is 1. The van der Waals surface area contributed by atoms with Crippen LogP contribution in [-0.2, 0) is 0 Å². The summed E-state index contributed by atoms with van der Waals surface area (Å²) in [5, 5.41) is 10.2. The highest BCUT2D eigenvalue weighted by Crippen LogP contribution is 2.31. The van der Waals surface area contributed by atoms with Gasteiger partial charge >= 0.3 is 0 Å². The number of benzene rings is 1. The third-order valence-electron chi connectivity index (χ3n) is 4.54. The van der Waals surface area contributed by atoms with Gasteiger partial charge in [0, 0.05) is 25.7 Å². The Hall–Kier alpha value is -1.75. The molecule has 2 saturated heterocycles. The fourth-order valence-corrected chi connectivity index (χ4v) is 3.42. The zero-order valence-corrected chi connectivity index (χ0v) is 12.4. The van der Waals surface area contributed by atoms with E-state index in [1.807, 2.05) is 4.90 Å². The average molecular weight is 290 g/mol. The minimum atomic E-state index is -0.0971. The van der Waals surface area contributed by atoms with Crippen LogP contribution in [0.2, 0.25) is 0 Å². The van der Waals surface area contributed by atoms with Crippen molar-refractivity contribution in [2.45, 2.75) is 25.3 Å². The van der Waals surface area contributed by atoms with Crippen LogP contribution in [0.15, 0.2) is 18.2 Å². The monoisotopic (exact) mass is 290 g/mol. The van der Waals surface area contributed by atoms with Gasteiger partial charge in [0.1, 0.15) is 0 Å². The van der Waals surface area contributed by atoms with E-state index in [4.69, 9.17) is 4.74 Å². The number of rotatable bonds is 2. The van der Waals surface area contributed by atoms with Gasteiger partial charge in [-0.25, -0.2) is 0 Å². The molecule has 1 unspecified atom stereocenters. The summed E-state index contributed by atoms with van der Waals surface area (Å²) in [6, 6.07) is 5.54. The fraction of sp³-hybridized carbons (Fsp3) is 0.562. The Balaban J connectivity index is 1.81. The molecule has 5 nitrogen and oxygen atoms in total. The van der Waals surface area contributed by atoms with E-state index in [1.165, 1.54) is 13.5 Å². The predicted octanol–water partition coefficient (Wildman–Crippen LogP) is 1.71. The molecular weight excluding hydrogens is 268 g/mol. The van der Waals surface area contributed by atoms with Crippen LogP contribution in [0, 0.1) is 0 Å². The van der Waals surface area contributed by atoms with Crippen LogP contribution >= 0.6 is 0 Å². The SMILES string of the molecule is COc1cccc(C(=O)N2CCCN3CCCC3C2)c1O. The van der Waals surface area contributed by atoms with Crippen molar-refractivity contribution >= 4 is 5.91 Å². The molecule has 0 aromatic heterocycles. The third-order valence-corrected chi connectivity index (χ3v) is 4.54. The maximum Gasteiger partial charge on any atom is 0.257 e. The maximum absolute atomic E-state index is 12.7. The number of carbonyl (C=O) groups is 1. The standard InChI is InChI=1S/C16H22N2O3/c1-21-14-7-2-6-13(15(14)19)16(20)18-10-4-9-17-8-3-5-12(17)11-18/h2,6-7,12,19H,3-5,8-11H2,1H3. The summed E-state index contributed by atoms with van der Waals surface area (Å²) in [6.45, 7) is 3.73. The highest BCUT2D eigenvalue weighted by atomic mass is 16.5. The Morgan fingerprint density at radius 3 is 2.90 bits per heavy atom. The van der Waals surface area contributed by atoms with E-state index in [0.717, 1.165) is 39.0 Å². The van der Waals surface area contributed by atoms with Crippen LogP contribution in [0.5, 0.6) is 11.5 Å². The zero-order chi connectivity index (χ0) is 14.8. The first-order chi connectivity index (χ1) is 10.2. The minimum Gasteiger partial charge on any atom is -0.504 e. The van der Waals surface area contributed by atoms with Gasteiger partial charge in [0.2, 0.25) is 0 Å². The van der Waals surface area contributed by atoms with Crippen LogP contribution in [0.4, 0.5) is 0 Å². The first kappa shape index (κ1) is 14.2. The van der Waals surface area contributed by atoms with Crippen LogP contribution in [-0.4, -0.2) is 60.1 Å². The van der Waals surface area contributed by atoms with E-state index in [-0.39, 0.29) is 11.7 Å². The quantitative estimate of drug-likeness (QED) is 0.901. The van der Waals surface area contributed by atoms with Gasteiger partial charge in [0.25, 0.3) is 5.91 Å². The first-order valence-corrected chi connectivity index (χ1v) is 7.60. The smallest absolute Gasteiger partial charge is 0.257 e. The number of para-hydroxylation sites is 1. The summed E-state index contributed by atoms with van der Waals surface area (Å²) >= 11 is 0. The molecule has 1 atom stereocenters. The Labute approximate surface area is 125 Å². The Morgan fingerprint density at radius 2 is 2.10 bits per heavy atom. The summed E-state index contributed by atoms with van der Waals surface area (Å²) in [7, 11) is 1.49. The van der Waals surface area contributed by atoms with Crippen molar-refractivity contribution in [3.63, 3.8) is 0 Å². The maximum atomic E-state index is 12.7. The molecule has 0 radical (unpaired) electrons. The number of fused-ring (bicyclic) bond motifs is 1. The molecule has 1 aromatic carbocycles. The van der Waals surface area contributed by atoms with Gasteiger partial charge in [-0.2, -0.15) is 0 Å². The fourth-order valence-electron chi connectivity index (χ4n) is 3.42. The molecule has 2 heterocycles. The normalized spacial score (nSPS) is 22.7. The largest absolute Gasteiger partial charge is 0.504 e. The molecule has 3 rings (SSSR count). The molecule has 0 bridgehead atoms. The molecule has 0 spiro atoms. The molecule has 2 aliphatic heterocycles. The zero-order valence-electron chi connectivity index (χ0n) is 12.4. The van der Waals surface area contributed by atoms with E-state index < -0.39 is 0 Å². The molecule has 114 valence electrons. The number of hydrogen-bond donors (Lipinski definition) is 1. The number of hydrogen-bond acceptors (Lipinski definition) is 4. The number of phenolic OH excluding ortho intramolecular Hbond substituents is 1. The molecule has 2 fully saturated rings. The summed E-state index contributed by atoms with van der Waals surface area (Å²) < 4.78 is 5.09. The second-order valence-electron chi connectivity index (χ2n) is 5.79. The Kier molecular flexibility index (Phi) is 4.01. The summed E-state index contributed by atoms with van der Waals surface area (Å²) in [6.07, 6.45) is 3.37. The molecular formula is C16H22N2O3. The van der Waals surface area contributed by atoms with Gasteiger partial charge in [0.15, 0.2) is 11.5 Å². The first-order valence-electron chi connectivity index (χ1n) is 7.60. The second kappa shape index (κ2) is 5.93. The number of ether oxygens (including phenoxy) is 1. The lowest BCUT2D eigenvalue weighted by molar-refractivity contribution is 0.0740. The van der Waals surface area contributed by atoms with Crippen LogP contribution in [0.1, 0.15) is 29.6 Å². The molecule has 0 saturated carbocycles. The van der Waals surface area contributed by atoms with Crippen molar-refractivity contribution < 1.29 is 14.6 Å². The number of aromatic hydroxyl groups is 1.